The third-order valence-corrected chi connectivity index (χ3v) is 5.02. The molecule has 0 aliphatic rings. The molecule has 0 heterocycles. The van der Waals surface area contributed by atoms with Gasteiger partial charge in [0, 0.05) is 6.61 Å². The summed E-state index contributed by atoms with van der Waals surface area (Å²) in [5.41, 5.74) is 0. The Balaban J connectivity index is 3.88. The van der Waals surface area contributed by atoms with E-state index in [1.807, 2.05) is 20.8 Å². The van der Waals surface area contributed by atoms with E-state index >= 15 is 0 Å². The first-order valence-corrected chi connectivity index (χ1v) is 7.39. The average Bonchev–Trinajstić information content (AvgIpc) is 2.16. The van der Waals surface area contributed by atoms with Crippen molar-refractivity contribution in [2.24, 2.45) is 0 Å². The van der Waals surface area contributed by atoms with Crippen molar-refractivity contribution < 1.29 is 18.7 Å². The first-order chi connectivity index (χ1) is 7.23. The maximum atomic E-state index is 11.9. The molecule has 16 heavy (non-hydrogen) atoms. The summed E-state index contributed by atoms with van der Waals surface area (Å²) in [4.78, 5) is 9.74. The normalized spacial score (nSPS) is 16.4. The van der Waals surface area contributed by atoms with Crippen LogP contribution < -0.4 is 0 Å². The summed E-state index contributed by atoms with van der Waals surface area (Å²) in [6.45, 7) is 10.1. The minimum Gasteiger partial charge on any atom is -0.379 e. The maximum Gasteiger partial charge on any atom is 0.333 e. The molecule has 0 bridgehead atoms. The van der Waals surface area contributed by atoms with Gasteiger partial charge in [-0.15, -0.1) is 0 Å². The lowest BCUT2D eigenvalue weighted by atomic mass is 10.1. The van der Waals surface area contributed by atoms with Crippen LogP contribution in [-0.2, 0) is 13.8 Å². The zero-order valence-electron chi connectivity index (χ0n) is 11.0. The molecule has 0 aromatic rings. The van der Waals surface area contributed by atoms with Crippen LogP contribution in [0.3, 0.4) is 0 Å². The Bertz CT molecular complexity index is 238. The SMILES string of the molecule is CCC(C)(C)P(=O)(O)OCCCOC(C)C. The Labute approximate surface area is 98.9 Å². The highest BCUT2D eigenvalue weighted by molar-refractivity contribution is 7.54. The minimum atomic E-state index is -3.51. The smallest absolute Gasteiger partial charge is 0.333 e. The molecule has 1 unspecified atom stereocenters. The van der Waals surface area contributed by atoms with Gasteiger partial charge in [-0.3, -0.25) is 4.57 Å². The zero-order valence-corrected chi connectivity index (χ0v) is 11.9. The summed E-state index contributed by atoms with van der Waals surface area (Å²) < 4.78 is 22.3. The van der Waals surface area contributed by atoms with Gasteiger partial charge < -0.3 is 14.2 Å². The van der Waals surface area contributed by atoms with E-state index in [4.69, 9.17) is 9.26 Å². The summed E-state index contributed by atoms with van der Waals surface area (Å²) in [5.74, 6) is 0. The fourth-order valence-electron chi connectivity index (χ4n) is 0.941. The van der Waals surface area contributed by atoms with Crippen LogP contribution in [0.4, 0.5) is 0 Å². The molecule has 0 aromatic carbocycles. The summed E-state index contributed by atoms with van der Waals surface area (Å²) in [5, 5.41) is -0.675. The van der Waals surface area contributed by atoms with Crippen molar-refractivity contribution in [2.75, 3.05) is 13.2 Å². The lowest BCUT2D eigenvalue weighted by Gasteiger charge is -2.28. The molecular formula is C11H25O4P. The van der Waals surface area contributed by atoms with Gasteiger partial charge in [0.05, 0.1) is 17.9 Å². The second kappa shape index (κ2) is 6.75. The Kier molecular flexibility index (Phi) is 6.80. The molecule has 0 saturated heterocycles. The van der Waals surface area contributed by atoms with E-state index in [0.29, 0.717) is 19.4 Å². The first kappa shape index (κ1) is 16.1. The lowest BCUT2D eigenvalue weighted by Crippen LogP contribution is -2.20. The molecule has 0 aromatic heterocycles. The largest absolute Gasteiger partial charge is 0.379 e. The highest BCUT2D eigenvalue weighted by atomic mass is 31.2. The van der Waals surface area contributed by atoms with E-state index in [2.05, 4.69) is 0 Å². The van der Waals surface area contributed by atoms with Gasteiger partial charge in [0.1, 0.15) is 0 Å². The molecule has 98 valence electrons. The van der Waals surface area contributed by atoms with Crippen molar-refractivity contribution in [3.05, 3.63) is 0 Å². The highest BCUT2D eigenvalue weighted by Crippen LogP contribution is 2.56. The second-order valence-electron chi connectivity index (χ2n) is 4.79. The molecule has 1 atom stereocenters. The third kappa shape index (κ3) is 5.44. The molecule has 5 heteroatoms. The number of hydrogen-bond donors (Lipinski definition) is 1. The van der Waals surface area contributed by atoms with Crippen molar-refractivity contribution in [1.29, 1.82) is 0 Å². The molecule has 0 radical (unpaired) electrons. The van der Waals surface area contributed by atoms with Crippen LogP contribution in [0.15, 0.2) is 0 Å². The van der Waals surface area contributed by atoms with Crippen LogP contribution in [0.5, 0.6) is 0 Å². The van der Waals surface area contributed by atoms with Crippen molar-refractivity contribution in [3.63, 3.8) is 0 Å². The van der Waals surface area contributed by atoms with Gasteiger partial charge >= 0.3 is 7.60 Å². The average molecular weight is 252 g/mol. The van der Waals surface area contributed by atoms with Gasteiger partial charge in [0.15, 0.2) is 0 Å². The molecule has 0 amide bonds. The van der Waals surface area contributed by atoms with Gasteiger partial charge in [-0.2, -0.15) is 0 Å². The van der Waals surface area contributed by atoms with Crippen molar-refractivity contribution in [3.8, 4) is 0 Å². The number of rotatable bonds is 8. The highest BCUT2D eigenvalue weighted by Gasteiger charge is 2.38. The molecule has 0 aliphatic carbocycles. The van der Waals surface area contributed by atoms with E-state index in [1.54, 1.807) is 13.8 Å². The lowest BCUT2D eigenvalue weighted by molar-refractivity contribution is 0.0679. The quantitative estimate of drug-likeness (QED) is 0.532. The standard InChI is InChI=1S/C11H25O4P/c1-6-11(4,5)16(12,13)15-9-7-8-14-10(2)3/h10H,6-9H2,1-5H3,(H,12,13). The minimum absolute atomic E-state index is 0.188. The van der Waals surface area contributed by atoms with Crippen LogP contribution >= 0.6 is 7.60 Å². The molecule has 0 spiro atoms. The van der Waals surface area contributed by atoms with E-state index in [1.165, 1.54) is 0 Å². The second-order valence-corrected chi connectivity index (χ2v) is 7.30. The van der Waals surface area contributed by atoms with E-state index in [-0.39, 0.29) is 12.7 Å². The Morgan fingerprint density at radius 1 is 1.31 bits per heavy atom. The van der Waals surface area contributed by atoms with Crippen LogP contribution in [0.2, 0.25) is 0 Å². The van der Waals surface area contributed by atoms with Gasteiger partial charge in [-0.1, -0.05) is 6.92 Å². The van der Waals surface area contributed by atoms with Crippen LogP contribution in [0.25, 0.3) is 0 Å². The van der Waals surface area contributed by atoms with Crippen molar-refractivity contribution >= 4 is 7.60 Å². The third-order valence-electron chi connectivity index (χ3n) is 2.64. The predicted molar refractivity (Wildman–Crippen MR) is 65.9 cm³/mol. The Hall–Kier alpha value is 0.110. The van der Waals surface area contributed by atoms with E-state index in [0.717, 1.165) is 0 Å². The molecule has 0 fully saturated rings. The molecule has 0 saturated carbocycles. The van der Waals surface area contributed by atoms with Crippen LogP contribution in [0.1, 0.15) is 47.5 Å². The predicted octanol–water partition coefficient (Wildman–Crippen LogP) is 3.19. The molecule has 0 aliphatic heterocycles. The zero-order chi connectivity index (χ0) is 12.8. The fraction of sp³-hybridized carbons (Fsp3) is 1.00. The van der Waals surface area contributed by atoms with E-state index < -0.39 is 12.8 Å². The topological polar surface area (TPSA) is 55.8 Å². The molecule has 1 N–H and O–H groups in total. The summed E-state index contributed by atoms with van der Waals surface area (Å²) in [6.07, 6.45) is 1.44. The van der Waals surface area contributed by atoms with Crippen molar-refractivity contribution in [2.45, 2.75) is 58.7 Å². The Morgan fingerprint density at radius 2 is 1.88 bits per heavy atom. The van der Waals surface area contributed by atoms with Crippen LogP contribution in [0, 0.1) is 0 Å². The summed E-state index contributed by atoms with van der Waals surface area (Å²) in [7, 11) is -3.51. The summed E-state index contributed by atoms with van der Waals surface area (Å²) in [6, 6.07) is 0. The number of hydrogen-bond acceptors (Lipinski definition) is 3. The first-order valence-electron chi connectivity index (χ1n) is 5.82. The van der Waals surface area contributed by atoms with Crippen LogP contribution in [-0.4, -0.2) is 29.4 Å². The van der Waals surface area contributed by atoms with Gasteiger partial charge in [0.25, 0.3) is 0 Å². The molecular weight excluding hydrogens is 227 g/mol. The van der Waals surface area contributed by atoms with Gasteiger partial charge in [0.2, 0.25) is 0 Å². The molecule has 0 rings (SSSR count). The summed E-state index contributed by atoms with van der Waals surface area (Å²) >= 11 is 0. The number of ether oxygens (including phenoxy) is 1. The Morgan fingerprint density at radius 3 is 2.31 bits per heavy atom. The fourth-order valence-corrected chi connectivity index (χ4v) is 2.07. The van der Waals surface area contributed by atoms with Gasteiger partial charge in [-0.25, -0.2) is 0 Å². The van der Waals surface area contributed by atoms with Crippen molar-refractivity contribution in [1.82, 2.24) is 0 Å². The van der Waals surface area contributed by atoms with Gasteiger partial charge in [-0.05, 0) is 40.5 Å². The maximum absolute atomic E-state index is 11.9. The molecule has 4 nitrogen and oxygen atoms in total. The van der Waals surface area contributed by atoms with E-state index in [9.17, 15) is 9.46 Å². The monoisotopic (exact) mass is 252 g/mol.